The van der Waals surface area contributed by atoms with Crippen molar-refractivity contribution in [2.24, 2.45) is 0 Å². The molecule has 1 heterocycles. The van der Waals surface area contributed by atoms with Crippen LogP contribution in [0, 0.1) is 0 Å². The summed E-state index contributed by atoms with van der Waals surface area (Å²) < 4.78 is 5.90. The first kappa shape index (κ1) is 20.6. The second-order valence-corrected chi connectivity index (χ2v) is 8.97. The van der Waals surface area contributed by atoms with Crippen molar-refractivity contribution in [1.29, 1.82) is 0 Å². The van der Waals surface area contributed by atoms with Crippen molar-refractivity contribution in [1.82, 2.24) is 10.1 Å². The van der Waals surface area contributed by atoms with Gasteiger partial charge in [0, 0.05) is 38.3 Å². The third-order valence-electron chi connectivity index (χ3n) is 5.44. The summed E-state index contributed by atoms with van der Waals surface area (Å²) in [5.74, 6) is 0.791. The van der Waals surface area contributed by atoms with E-state index < -0.39 is 5.60 Å². The van der Waals surface area contributed by atoms with Crippen LogP contribution >= 0.6 is 0 Å². The van der Waals surface area contributed by atoms with Gasteiger partial charge in [-0.15, -0.1) is 0 Å². The van der Waals surface area contributed by atoms with Crippen molar-refractivity contribution in [3.05, 3.63) is 71.8 Å². The van der Waals surface area contributed by atoms with Gasteiger partial charge >= 0.3 is 0 Å². The molecule has 158 valence electrons. The number of anilines is 1. The fraction of sp³-hybridized carbons (Fsp3) is 0.400. The molecule has 1 N–H and O–H groups in total. The maximum Gasteiger partial charge on any atom is 0.232 e. The number of nitrogens with zero attached hydrogens (tertiary/aromatic N) is 3. The molecule has 2 aromatic carbocycles. The summed E-state index contributed by atoms with van der Waals surface area (Å²) in [6, 6.07) is 21.1. The predicted molar refractivity (Wildman–Crippen MR) is 120 cm³/mol. The fourth-order valence-electron chi connectivity index (χ4n) is 3.95. The smallest absolute Gasteiger partial charge is 0.232 e. The second kappa shape index (κ2) is 8.62. The summed E-state index contributed by atoms with van der Waals surface area (Å²) in [5.41, 5.74) is 3.49. The summed E-state index contributed by atoms with van der Waals surface area (Å²) in [6.45, 7) is 5.81. The number of rotatable bonds is 9. The standard InChI is InChI=1S/C25H31N3O2/c1-25(2,29)18-28(21-14-15-21)17-22-23(20-12-8-5-9-13-20)26-30-24(22)27(3)16-19-10-6-4-7-11-19/h4-13,21,29H,14-18H2,1-3H3. The predicted octanol–water partition coefficient (Wildman–Crippen LogP) is 4.71. The average Bonchev–Trinajstić information content (AvgIpc) is 3.48. The van der Waals surface area contributed by atoms with Crippen molar-refractivity contribution in [2.45, 2.75) is 51.4 Å². The van der Waals surface area contributed by atoms with Crippen LogP contribution in [-0.4, -0.2) is 40.4 Å². The molecular weight excluding hydrogens is 374 g/mol. The van der Waals surface area contributed by atoms with Crippen LogP contribution in [0.5, 0.6) is 0 Å². The minimum Gasteiger partial charge on any atom is -0.389 e. The lowest BCUT2D eigenvalue weighted by Crippen LogP contribution is -2.39. The molecule has 0 unspecified atom stereocenters. The first-order valence-electron chi connectivity index (χ1n) is 10.7. The number of hydrogen-bond donors (Lipinski definition) is 1. The van der Waals surface area contributed by atoms with Crippen LogP contribution in [-0.2, 0) is 13.1 Å². The summed E-state index contributed by atoms with van der Waals surface area (Å²) in [6.07, 6.45) is 2.36. The van der Waals surface area contributed by atoms with Crippen LogP contribution in [0.2, 0.25) is 0 Å². The minimum atomic E-state index is -0.747. The monoisotopic (exact) mass is 405 g/mol. The molecule has 0 spiro atoms. The molecular formula is C25H31N3O2. The number of benzene rings is 2. The number of hydrogen-bond acceptors (Lipinski definition) is 5. The minimum absolute atomic E-state index is 0.516. The van der Waals surface area contributed by atoms with Gasteiger partial charge in [0.1, 0.15) is 5.69 Å². The van der Waals surface area contributed by atoms with E-state index in [0.29, 0.717) is 19.1 Å². The van der Waals surface area contributed by atoms with Crippen molar-refractivity contribution >= 4 is 5.88 Å². The highest BCUT2D eigenvalue weighted by atomic mass is 16.5. The van der Waals surface area contributed by atoms with Gasteiger partial charge in [-0.05, 0) is 32.3 Å². The van der Waals surface area contributed by atoms with E-state index >= 15 is 0 Å². The zero-order valence-electron chi connectivity index (χ0n) is 18.1. The molecule has 0 amide bonds. The molecule has 1 aliphatic carbocycles. The van der Waals surface area contributed by atoms with Gasteiger partial charge in [0.05, 0.1) is 11.2 Å². The Hall–Kier alpha value is -2.63. The molecule has 0 atom stereocenters. The van der Waals surface area contributed by atoms with Crippen LogP contribution < -0.4 is 4.90 Å². The molecule has 1 aromatic heterocycles. The summed E-state index contributed by atoms with van der Waals surface area (Å²) in [5, 5.41) is 14.9. The van der Waals surface area contributed by atoms with Gasteiger partial charge in [-0.3, -0.25) is 4.90 Å². The van der Waals surface area contributed by atoms with Gasteiger partial charge < -0.3 is 14.5 Å². The maximum atomic E-state index is 10.5. The van der Waals surface area contributed by atoms with E-state index in [1.54, 1.807) is 0 Å². The molecule has 0 aliphatic heterocycles. The van der Waals surface area contributed by atoms with Crippen molar-refractivity contribution in [2.75, 3.05) is 18.5 Å². The third kappa shape index (κ3) is 5.10. The summed E-state index contributed by atoms with van der Waals surface area (Å²) >= 11 is 0. The van der Waals surface area contributed by atoms with E-state index in [1.165, 1.54) is 18.4 Å². The quantitative estimate of drug-likeness (QED) is 0.559. The lowest BCUT2D eigenvalue weighted by atomic mass is 10.0. The van der Waals surface area contributed by atoms with E-state index in [4.69, 9.17) is 4.52 Å². The normalized spacial score (nSPS) is 14.3. The first-order valence-corrected chi connectivity index (χ1v) is 10.7. The van der Waals surface area contributed by atoms with Crippen LogP contribution in [0.25, 0.3) is 11.3 Å². The first-order chi connectivity index (χ1) is 14.4. The SMILES string of the molecule is CN(Cc1ccccc1)c1onc(-c2ccccc2)c1CN(CC(C)(C)O)C1CC1. The Kier molecular flexibility index (Phi) is 5.93. The van der Waals surface area contributed by atoms with Gasteiger partial charge in [0.2, 0.25) is 5.88 Å². The van der Waals surface area contributed by atoms with Crippen LogP contribution in [0.1, 0.15) is 37.8 Å². The molecule has 30 heavy (non-hydrogen) atoms. The van der Waals surface area contributed by atoms with E-state index in [-0.39, 0.29) is 0 Å². The van der Waals surface area contributed by atoms with Crippen molar-refractivity contribution in [3.8, 4) is 11.3 Å². The second-order valence-electron chi connectivity index (χ2n) is 8.97. The maximum absolute atomic E-state index is 10.5. The Labute approximate surface area is 178 Å². The molecule has 0 saturated heterocycles. The Balaban J connectivity index is 1.67. The molecule has 0 radical (unpaired) electrons. The van der Waals surface area contributed by atoms with Gasteiger partial charge in [-0.25, -0.2) is 0 Å². The Bertz CT molecular complexity index is 944. The van der Waals surface area contributed by atoms with E-state index in [1.807, 2.05) is 45.2 Å². The molecule has 1 fully saturated rings. The van der Waals surface area contributed by atoms with Crippen molar-refractivity contribution in [3.63, 3.8) is 0 Å². The number of aliphatic hydroxyl groups is 1. The molecule has 5 nitrogen and oxygen atoms in total. The molecule has 0 bridgehead atoms. The summed E-state index contributed by atoms with van der Waals surface area (Å²) in [7, 11) is 2.04. The van der Waals surface area contributed by atoms with Gasteiger partial charge in [0.15, 0.2) is 0 Å². The highest BCUT2D eigenvalue weighted by Crippen LogP contribution is 2.36. The highest BCUT2D eigenvalue weighted by molar-refractivity contribution is 5.68. The molecule has 3 aromatic rings. The Morgan fingerprint density at radius 2 is 1.63 bits per heavy atom. The van der Waals surface area contributed by atoms with E-state index in [0.717, 1.165) is 29.2 Å². The zero-order valence-corrected chi connectivity index (χ0v) is 18.1. The van der Waals surface area contributed by atoms with E-state index in [2.05, 4.69) is 51.4 Å². The average molecular weight is 406 g/mol. The van der Waals surface area contributed by atoms with E-state index in [9.17, 15) is 5.11 Å². The lowest BCUT2D eigenvalue weighted by Gasteiger charge is -2.29. The molecule has 1 aliphatic rings. The van der Waals surface area contributed by atoms with Gasteiger partial charge in [-0.1, -0.05) is 65.8 Å². The molecule has 4 rings (SSSR count). The van der Waals surface area contributed by atoms with Crippen LogP contribution in [0.4, 0.5) is 5.88 Å². The topological polar surface area (TPSA) is 52.7 Å². The van der Waals surface area contributed by atoms with Gasteiger partial charge in [-0.2, -0.15) is 0 Å². The fourth-order valence-corrected chi connectivity index (χ4v) is 3.95. The van der Waals surface area contributed by atoms with Crippen LogP contribution in [0.3, 0.4) is 0 Å². The van der Waals surface area contributed by atoms with Crippen molar-refractivity contribution < 1.29 is 9.63 Å². The highest BCUT2D eigenvalue weighted by Gasteiger charge is 2.34. The number of aromatic nitrogens is 1. The molecule has 1 saturated carbocycles. The molecule has 5 heteroatoms. The Morgan fingerprint density at radius 1 is 1.00 bits per heavy atom. The van der Waals surface area contributed by atoms with Crippen LogP contribution in [0.15, 0.2) is 65.2 Å². The Morgan fingerprint density at radius 3 is 2.23 bits per heavy atom. The van der Waals surface area contributed by atoms with Gasteiger partial charge in [0.25, 0.3) is 0 Å². The lowest BCUT2D eigenvalue weighted by molar-refractivity contribution is 0.0305. The largest absolute Gasteiger partial charge is 0.389 e. The third-order valence-corrected chi connectivity index (χ3v) is 5.44. The summed E-state index contributed by atoms with van der Waals surface area (Å²) in [4.78, 5) is 4.50. The zero-order chi connectivity index (χ0) is 21.1.